The van der Waals surface area contributed by atoms with Crippen LogP contribution in [0.3, 0.4) is 0 Å². The Labute approximate surface area is 150 Å². The average molecular weight is 375 g/mol. The van der Waals surface area contributed by atoms with E-state index in [-0.39, 0.29) is 29.9 Å². The molecule has 25 heavy (non-hydrogen) atoms. The van der Waals surface area contributed by atoms with Gasteiger partial charge in [-0.1, -0.05) is 0 Å². The molecular weight excluding hydrogens is 344 g/mol. The quantitative estimate of drug-likeness (QED) is 0.274. The van der Waals surface area contributed by atoms with Gasteiger partial charge in [-0.2, -0.15) is 0 Å². The van der Waals surface area contributed by atoms with Crippen molar-refractivity contribution in [3.8, 4) is 0 Å². The van der Waals surface area contributed by atoms with Crippen molar-refractivity contribution in [3.63, 3.8) is 0 Å². The molecule has 1 saturated carbocycles. The molecule has 3 N–H and O–H groups in total. The monoisotopic (exact) mass is 374 g/mol. The SMILES string of the molecule is CN=C(NCCCOCC1CC1)NCCC(=O)NC1CCS(=O)(=O)C1. The summed E-state index contributed by atoms with van der Waals surface area (Å²) in [4.78, 5) is 16.0. The normalized spacial score (nSPS) is 22.6. The van der Waals surface area contributed by atoms with Gasteiger partial charge in [0.15, 0.2) is 15.8 Å². The number of ether oxygens (including phenoxy) is 1. The molecule has 2 fully saturated rings. The summed E-state index contributed by atoms with van der Waals surface area (Å²) >= 11 is 0. The van der Waals surface area contributed by atoms with Gasteiger partial charge in [0.05, 0.1) is 11.5 Å². The number of nitrogens with zero attached hydrogens (tertiary/aromatic N) is 1. The van der Waals surface area contributed by atoms with E-state index < -0.39 is 9.84 Å². The smallest absolute Gasteiger partial charge is 0.222 e. The van der Waals surface area contributed by atoms with Crippen molar-refractivity contribution in [2.45, 2.75) is 38.1 Å². The molecule has 0 aromatic rings. The molecular formula is C16H30N4O4S. The molecule has 2 rings (SSSR count). The van der Waals surface area contributed by atoms with Gasteiger partial charge in [0.25, 0.3) is 0 Å². The molecule has 1 heterocycles. The molecule has 0 spiro atoms. The Kier molecular flexibility index (Phi) is 7.95. The Morgan fingerprint density at radius 2 is 1.96 bits per heavy atom. The first-order valence-electron chi connectivity index (χ1n) is 9.00. The lowest BCUT2D eigenvalue weighted by Crippen LogP contribution is -2.41. The highest BCUT2D eigenvalue weighted by molar-refractivity contribution is 7.91. The van der Waals surface area contributed by atoms with Crippen molar-refractivity contribution in [1.82, 2.24) is 16.0 Å². The number of amides is 1. The average Bonchev–Trinajstić information content (AvgIpc) is 3.32. The van der Waals surface area contributed by atoms with E-state index in [0.717, 1.165) is 32.1 Å². The van der Waals surface area contributed by atoms with Crippen LogP contribution in [0.25, 0.3) is 0 Å². The van der Waals surface area contributed by atoms with Crippen molar-refractivity contribution < 1.29 is 17.9 Å². The number of hydrogen-bond acceptors (Lipinski definition) is 5. The van der Waals surface area contributed by atoms with E-state index >= 15 is 0 Å². The first kappa shape index (κ1) is 20.0. The molecule has 0 bridgehead atoms. The Morgan fingerprint density at radius 3 is 2.60 bits per heavy atom. The summed E-state index contributed by atoms with van der Waals surface area (Å²) in [5.41, 5.74) is 0. The van der Waals surface area contributed by atoms with Crippen molar-refractivity contribution in [1.29, 1.82) is 0 Å². The molecule has 8 nitrogen and oxygen atoms in total. The Balaban J connectivity index is 1.49. The van der Waals surface area contributed by atoms with Crippen LogP contribution < -0.4 is 16.0 Å². The van der Waals surface area contributed by atoms with Gasteiger partial charge in [-0.25, -0.2) is 8.42 Å². The van der Waals surface area contributed by atoms with E-state index in [1.165, 1.54) is 12.8 Å². The largest absolute Gasteiger partial charge is 0.381 e. The highest BCUT2D eigenvalue weighted by atomic mass is 32.2. The molecule has 1 saturated heterocycles. The van der Waals surface area contributed by atoms with Gasteiger partial charge in [-0.3, -0.25) is 9.79 Å². The molecule has 0 radical (unpaired) electrons. The number of hydrogen-bond donors (Lipinski definition) is 3. The van der Waals surface area contributed by atoms with E-state index in [9.17, 15) is 13.2 Å². The number of aliphatic imine (C=N–C) groups is 1. The van der Waals surface area contributed by atoms with Crippen molar-refractivity contribution in [2.75, 3.05) is 44.9 Å². The van der Waals surface area contributed by atoms with Crippen LogP contribution in [0.4, 0.5) is 0 Å². The molecule has 1 aliphatic carbocycles. The zero-order valence-corrected chi connectivity index (χ0v) is 15.7. The molecule has 1 atom stereocenters. The topological polar surface area (TPSA) is 109 Å². The maximum absolute atomic E-state index is 11.8. The van der Waals surface area contributed by atoms with Crippen LogP contribution >= 0.6 is 0 Å². The third-order valence-corrected chi connectivity index (χ3v) is 6.04. The van der Waals surface area contributed by atoms with E-state index in [1.54, 1.807) is 7.05 Å². The van der Waals surface area contributed by atoms with Gasteiger partial charge in [-0.15, -0.1) is 0 Å². The minimum Gasteiger partial charge on any atom is -0.381 e. The fourth-order valence-corrected chi connectivity index (χ4v) is 4.31. The third kappa shape index (κ3) is 8.53. The number of rotatable bonds is 10. The van der Waals surface area contributed by atoms with Gasteiger partial charge in [0.2, 0.25) is 5.91 Å². The molecule has 1 aliphatic heterocycles. The Hall–Kier alpha value is -1.35. The molecule has 2 aliphatic rings. The minimum atomic E-state index is -2.97. The summed E-state index contributed by atoms with van der Waals surface area (Å²) in [7, 11) is -1.28. The fraction of sp³-hybridized carbons (Fsp3) is 0.875. The van der Waals surface area contributed by atoms with Gasteiger partial charge in [0, 0.05) is 45.8 Å². The van der Waals surface area contributed by atoms with Crippen LogP contribution in [0.1, 0.15) is 32.1 Å². The van der Waals surface area contributed by atoms with Crippen molar-refractivity contribution in [2.24, 2.45) is 10.9 Å². The third-order valence-electron chi connectivity index (χ3n) is 4.27. The van der Waals surface area contributed by atoms with E-state index in [4.69, 9.17) is 4.74 Å². The van der Waals surface area contributed by atoms with E-state index in [1.807, 2.05) is 0 Å². The van der Waals surface area contributed by atoms with E-state index in [2.05, 4.69) is 20.9 Å². The number of guanidine groups is 1. The van der Waals surface area contributed by atoms with Crippen LogP contribution in [0.2, 0.25) is 0 Å². The van der Waals surface area contributed by atoms with Crippen LogP contribution in [-0.2, 0) is 19.4 Å². The van der Waals surface area contributed by atoms with Gasteiger partial charge < -0.3 is 20.7 Å². The zero-order chi connectivity index (χ0) is 18.1. The van der Waals surface area contributed by atoms with Gasteiger partial charge >= 0.3 is 0 Å². The molecule has 9 heteroatoms. The van der Waals surface area contributed by atoms with Crippen molar-refractivity contribution in [3.05, 3.63) is 0 Å². The first-order valence-corrected chi connectivity index (χ1v) is 10.8. The number of carbonyl (C=O) groups excluding carboxylic acids is 1. The lowest BCUT2D eigenvalue weighted by molar-refractivity contribution is -0.121. The standard InChI is InChI=1S/C16H30N4O4S/c1-17-16(18-7-2-9-24-11-13-3-4-13)19-8-5-15(21)20-14-6-10-25(22,23)12-14/h13-14H,2-12H2,1H3,(H,20,21)(H2,17,18,19). The van der Waals surface area contributed by atoms with Gasteiger partial charge in [0.1, 0.15) is 0 Å². The summed E-state index contributed by atoms with van der Waals surface area (Å²) in [6.07, 6.45) is 4.30. The zero-order valence-electron chi connectivity index (χ0n) is 14.9. The predicted octanol–water partition coefficient (Wildman–Crippen LogP) is -0.338. The molecule has 144 valence electrons. The van der Waals surface area contributed by atoms with Crippen molar-refractivity contribution >= 4 is 21.7 Å². The highest BCUT2D eigenvalue weighted by Crippen LogP contribution is 2.28. The second-order valence-electron chi connectivity index (χ2n) is 6.72. The lowest BCUT2D eigenvalue weighted by atomic mass is 10.2. The van der Waals surface area contributed by atoms with Crippen LogP contribution in [0.15, 0.2) is 4.99 Å². The minimum absolute atomic E-state index is 0.0538. The summed E-state index contributed by atoms with van der Waals surface area (Å²) in [5.74, 6) is 1.52. The Morgan fingerprint density at radius 1 is 1.20 bits per heavy atom. The molecule has 0 aromatic carbocycles. The maximum Gasteiger partial charge on any atom is 0.222 e. The van der Waals surface area contributed by atoms with E-state index in [0.29, 0.717) is 18.9 Å². The van der Waals surface area contributed by atoms with Gasteiger partial charge in [-0.05, 0) is 31.6 Å². The summed E-state index contributed by atoms with van der Waals surface area (Å²) in [6, 6.07) is -0.245. The summed E-state index contributed by atoms with van der Waals surface area (Å²) in [5, 5.41) is 9.03. The number of sulfone groups is 1. The number of nitrogens with one attached hydrogen (secondary N) is 3. The summed E-state index contributed by atoms with van der Waals surface area (Å²) in [6.45, 7) is 2.83. The summed E-state index contributed by atoms with van der Waals surface area (Å²) < 4.78 is 28.3. The fourth-order valence-electron chi connectivity index (χ4n) is 2.64. The first-order chi connectivity index (χ1) is 12.0. The highest BCUT2D eigenvalue weighted by Gasteiger charge is 2.28. The second-order valence-corrected chi connectivity index (χ2v) is 8.94. The molecule has 0 aromatic heterocycles. The molecule has 1 amide bonds. The lowest BCUT2D eigenvalue weighted by Gasteiger charge is -2.13. The van der Waals surface area contributed by atoms with Crippen LogP contribution in [-0.4, -0.2) is 71.2 Å². The number of carbonyl (C=O) groups is 1. The maximum atomic E-state index is 11.8. The van der Waals surface area contributed by atoms with Crippen LogP contribution in [0.5, 0.6) is 0 Å². The Bertz CT molecular complexity index is 560. The second kappa shape index (κ2) is 9.96. The van der Waals surface area contributed by atoms with Crippen LogP contribution in [0, 0.1) is 5.92 Å². The molecule has 1 unspecified atom stereocenters. The predicted molar refractivity (Wildman–Crippen MR) is 97.3 cm³/mol.